The second kappa shape index (κ2) is 14.0. The number of carbonyl (C=O) groups is 2. The van der Waals surface area contributed by atoms with Crippen molar-refractivity contribution in [1.29, 1.82) is 0 Å². The molecule has 226 valence electrons. The van der Waals surface area contributed by atoms with E-state index >= 15 is 0 Å². The van der Waals surface area contributed by atoms with Gasteiger partial charge in [0.1, 0.15) is 11.4 Å². The van der Waals surface area contributed by atoms with Crippen molar-refractivity contribution in [3.05, 3.63) is 41.6 Å². The normalized spacial score (nSPS) is 20.9. The summed E-state index contributed by atoms with van der Waals surface area (Å²) in [5.41, 5.74) is 0.00152. The van der Waals surface area contributed by atoms with E-state index in [0.717, 1.165) is 32.0 Å². The highest BCUT2D eigenvalue weighted by Crippen LogP contribution is 2.36. The number of halogens is 3. The van der Waals surface area contributed by atoms with Gasteiger partial charge in [0.2, 0.25) is 11.9 Å². The van der Waals surface area contributed by atoms with Gasteiger partial charge in [-0.1, -0.05) is 13.8 Å². The quantitative estimate of drug-likeness (QED) is 0.307. The Hall–Kier alpha value is -3.41. The van der Waals surface area contributed by atoms with Gasteiger partial charge in [-0.25, -0.2) is 4.98 Å². The maximum absolute atomic E-state index is 13.8. The van der Waals surface area contributed by atoms with Gasteiger partial charge in [-0.15, -0.1) is 0 Å². The van der Waals surface area contributed by atoms with Crippen LogP contribution in [0.3, 0.4) is 0 Å². The average molecular weight is 578 g/mol. The van der Waals surface area contributed by atoms with Gasteiger partial charge in [0, 0.05) is 42.1 Å². The van der Waals surface area contributed by atoms with Crippen LogP contribution in [0.15, 0.2) is 30.5 Å². The van der Waals surface area contributed by atoms with Crippen molar-refractivity contribution in [3.8, 4) is 0 Å². The Morgan fingerprint density at radius 3 is 2.46 bits per heavy atom. The van der Waals surface area contributed by atoms with Gasteiger partial charge in [-0.2, -0.15) is 18.2 Å². The summed E-state index contributed by atoms with van der Waals surface area (Å²) in [6, 6.07) is 6.53. The van der Waals surface area contributed by atoms with Crippen LogP contribution in [0, 0.1) is 5.92 Å². The fraction of sp³-hybridized carbons (Fsp3) is 0.586. The zero-order valence-corrected chi connectivity index (χ0v) is 23.1. The molecule has 2 heterocycles. The molecule has 12 heteroatoms. The summed E-state index contributed by atoms with van der Waals surface area (Å²) < 4.78 is 41.3. The molecule has 0 spiro atoms. The maximum atomic E-state index is 13.8. The molecule has 2 amide bonds. The maximum Gasteiger partial charge on any atom is 0.421 e. The van der Waals surface area contributed by atoms with Crippen LogP contribution in [-0.2, 0) is 11.0 Å². The van der Waals surface area contributed by atoms with Crippen LogP contribution in [0.2, 0.25) is 0 Å². The summed E-state index contributed by atoms with van der Waals surface area (Å²) >= 11 is 0. The molecule has 1 aliphatic heterocycles. The number of amides is 2. The van der Waals surface area contributed by atoms with E-state index in [1.54, 1.807) is 24.3 Å². The number of hydrogen-bond donors (Lipinski definition) is 4. The molecule has 1 aromatic carbocycles. The van der Waals surface area contributed by atoms with Gasteiger partial charge in [0.15, 0.2) is 0 Å². The van der Waals surface area contributed by atoms with E-state index in [9.17, 15) is 22.8 Å². The number of benzene rings is 1. The molecule has 0 bridgehead atoms. The van der Waals surface area contributed by atoms with Crippen molar-refractivity contribution in [1.82, 2.24) is 25.5 Å². The van der Waals surface area contributed by atoms with Gasteiger partial charge < -0.3 is 26.2 Å². The summed E-state index contributed by atoms with van der Waals surface area (Å²) in [5.74, 6) is -1.22. The second-order valence-electron chi connectivity index (χ2n) is 10.9. The zero-order valence-electron chi connectivity index (χ0n) is 23.1. The third-order valence-electron chi connectivity index (χ3n) is 7.54. The monoisotopic (exact) mass is 577 g/mol. The first kappa shape index (κ1) is 32.1. The van der Waals surface area contributed by atoms with E-state index in [-0.39, 0.29) is 37.0 Å². The predicted molar refractivity (Wildman–Crippen MR) is 154 cm³/mol. The van der Waals surface area contributed by atoms with Gasteiger partial charge in [-0.3, -0.25) is 9.59 Å². The van der Waals surface area contributed by atoms with Gasteiger partial charge in [-0.05, 0) is 83.8 Å². The lowest BCUT2D eigenvalue weighted by Gasteiger charge is -2.24. The number of hydrogen-bond acceptors (Lipinski definition) is 7. The van der Waals surface area contributed by atoms with Crippen molar-refractivity contribution < 1.29 is 22.8 Å². The first-order chi connectivity index (χ1) is 19.0. The molecule has 3 atom stereocenters. The van der Waals surface area contributed by atoms with Crippen LogP contribution in [0.1, 0.15) is 75.7 Å². The Kier molecular flexibility index (Phi) is 10.9. The molecule has 9 nitrogen and oxygen atoms in total. The molecule has 4 N–H and O–H groups in total. The number of nitrogens with zero attached hydrogens (tertiary/aromatic N) is 3. The van der Waals surface area contributed by atoms with Crippen molar-refractivity contribution >= 4 is 29.3 Å². The summed E-state index contributed by atoms with van der Waals surface area (Å²) in [7, 11) is 2.10. The average Bonchev–Trinajstić information content (AvgIpc) is 3.52. The minimum atomic E-state index is -4.67. The smallest absolute Gasteiger partial charge is 0.366 e. The molecular formula is C29H42F3N7O2. The standard InChI is InChI=1S/C28H38F3N7O2.CH4/c1-17(2)34-26(40)21-7-4-8-23(21)36-24-22(28(29,30)31)16-33-27(37-24)35-19-11-9-18(10-12-19)25(39)32-14-13-20-6-5-15-38(20)3;/h9-12,16-17,20-21,23H,4-8,13-15H2,1-3H3,(H,32,39)(H,34,40)(H2,33,35,36,37);1H4/t20?,21-,23+;/m0./s1. The Morgan fingerprint density at radius 2 is 1.83 bits per heavy atom. The van der Waals surface area contributed by atoms with E-state index in [4.69, 9.17) is 0 Å². The highest BCUT2D eigenvalue weighted by atomic mass is 19.4. The SMILES string of the molecule is C.CC(C)NC(=O)[C@H]1CCC[C@H]1Nc1nc(Nc2ccc(C(=O)NCCC3CCCN3C)cc2)ncc1C(F)(F)F. The van der Waals surface area contributed by atoms with Crippen LogP contribution in [0.25, 0.3) is 0 Å². The van der Waals surface area contributed by atoms with E-state index < -0.39 is 23.7 Å². The van der Waals surface area contributed by atoms with Crippen molar-refractivity contribution in [3.63, 3.8) is 0 Å². The van der Waals surface area contributed by atoms with E-state index in [2.05, 4.69) is 43.2 Å². The molecule has 1 aliphatic carbocycles. The molecule has 1 saturated heterocycles. The first-order valence-electron chi connectivity index (χ1n) is 13.9. The minimum absolute atomic E-state index is 0. The number of rotatable bonds is 10. The number of aromatic nitrogens is 2. The molecule has 0 radical (unpaired) electrons. The topological polar surface area (TPSA) is 111 Å². The summed E-state index contributed by atoms with van der Waals surface area (Å²) in [5, 5.41) is 11.6. The number of likely N-dealkylation sites (tertiary alicyclic amines) is 1. The van der Waals surface area contributed by atoms with Crippen LogP contribution >= 0.6 is 0 Å². The minimum Gasteiger partial charge on any atom is -0.366 e. The van der Waals surface area contributed by atoms with E-state index in [1.807, 2.05) is 13.8 Å². The number of carbonyl (C=O) groups excluding carboxylic acids is 2. The molecule has 1 aromatic heterocycles. The van der Waals surface area contributed by atoms with Crippen LogP contribution in [0.5, 0.6) is 0 Å². The third-order valence-corrected chi connectivity index (χ3v) is 7.54. The van der Waals surface area contributed by atoms with Crippen LogP contribution in [-0.4, -0.2) is 64.9 Å². The Labute approximate surface area is 240 Å². The highest BCUT2D eigenvalue weighted by Gasteiger charge is 2.39. The fourth-order valence-corrected chi connectivity index (χ4v) is 5.41. The molecule has 4 rings (SSSR count). The van der Waals surface area contributed by atoms with Gasteiger partial charge >= 0.3 is 6.18 Å². The molecule has 2 aliphatic rings. The first-order valence-corrected chi connectivity index (χ1v) is 13.9. The molecule has 41 heavy (non-hydrogen) atoms. The predicted octanol–water partition coefficient (Wildman–Crippen LogP) is 5.19. The lowest BCUT2D eigenvalue weighted by Crippen LogP contribution is -2.41. The summed E-state index contributed by atoms with van der Waals surface area (Å²) in [4.78, 5) is 35.4. The highest BCUT2D eigenvalue weighted by molar-refractivity contribution is 5.94. The molecular weight excluding hydrogens is 535 g/mol. The van der Waals surface area contributed by atoms with E-state index in [1.165, 1.54) is 6.42 Å². The number of anilines is 3. The lowest BCUT2D eigenvalue weighted by atomic mass is 10.0. The lowest BCUT2D eigenvalue weighted by molar-refractivity contribution is -0.137. The number of nitrogens with one attached hydrogen (secondary N) is 4. The molecule has 1 unspecified atom stereocenters. The third kappa shape index (κ3) is 8.54. The van der Waals surface area contributed by atoms with Crippen molar-refractivity contribution in [2.24, 2.45) is 5.92 Å². The largest absolute Gasteiger partial charge is 0.421 e. The summed E-state index contributed by atoms with van der Waals surface area (Å²) in [6.07, 6.45) is 1.16. The summed E-state index contributed by atoms with van der Waals surface area (Å²) in [6.45, 7) is 5.36. The van der Waals surface area contributed by atoms with Crippen LogP contribution < -0.4 is 21.3 Å². The Morgan fingerprint density at radius 1 is 1.10 bits per heavy atom. The fourth-order valence-electron chi connectivity index (χ4n) is 5.41. The molecule has 2 fully saturated rings. The van der Waals surface area contributed by atoms with Gasteiger partial charge in [0.05, 0.1) is 5.92 Å². The van der Waals surface area contributed by atoms with Crippen molar-refractivity contribution in [2.45, 2.75) is 84.1 Å². The molecule has 1 saturated carbocycles. The molecule has 2 aromatic rings. The Bertz CT molecular complexity index is 1170. The van der Waals surface area contributed by atoms with Gasteiger partial charge in [0.25, 0.3) is 5.91 Å². The van der Waals surface area contributed by atoms with Crippen LogP contribution in [0.4, 0.5) is 30.6 Å². The Balaban J connectivity index is 0.00000462. The zero-order chi connectivity index (χ0) is 28.9. The van der Waals surface area contributed by atoms with E-state index in [0.29, 0.717) is 36.7 Å². The van der Waals surface area contributed by atoms with Crippen molar-refractivity contribution in [2.75, 3.05) is 30.8 Å². The number of alkyl halides is 3. The second-order valence-corrected chi connectivity index (χ2v) is 10.9.